The first kappa shape index (κ1) is 43.6. The van der Waals surface area contributed by atoms with E-state index in [1.807, 2.05) is 12.2 Å². The first-order chi connectivity index (χ1) is 20.0. The molecule has 0 spiro atoms. The zero-order valence-electron chi connectivity index (χ0n) is 28.7. The molecule has 4 aromatic rings. The topological polar surface area (TPSA) is 18.5 Å². The molecule has 0 N–H and O–H groups in total. The maximum atomic E-state index is 6.70. The fraction of sp³-hybridized carbons (Fsp3) is 0.421. The Hall–Kier alpha value is -1.36. The van der Waals surface area contributed by atoms with Crippen LogP contribution in [0.15, 0.2) is 98.1 Å². The van der Waals surface area contributed by atoms with Crippen molar-refractivity contribution in [1.82, 2.24) is 0 Å². The van der Waals surface area contributed by atoms with Crippen molar-refractivity contribution in [2.45, 2.75) is 102 Å². The monoisotopic (exact) mass is 758 g/mol. The van der Waals surface area contributed by atoms with Crippen LogP contribution in [0.25, 0.3) is 21.5 Å². The molecule has 0 saturated carbocycles. The molecule has 4 rings (SSSR count). The van der Waals surface area contributed by atoms with Gasteiger partial charge in [0.05, 0.1) is 0 Å². The predicted octanol–water partition coefficient (Wildman–Crippen LogP) is 6.56. The first-order valence-corrected chi connectivity index (χ1v) is 20.4. The zero-order valence-corrected chi connectivity index (χ0v) is 34.7. The molecular formula is C38H54Cl2O2Si2Zr. The Bertz CT molecular complexity index is 1230. The number of halogens is 2. The Balaban J connectivity index is 0.000000807. The summed E-state index contributed by atoms with van der Waals surface area (Å²) in [5.41, 5.74) is 2.37. The zero-order chi connectivity index (χ0) is 30.9. The molecule has 0 amide bonds. The average molecular weight is 761 g/mol. The van der Waals surface area contributed by atoms with Crippen molar-refractivity contribution in [1.29, 1.82) is 0 Å². The molecule has 244 valence electrons. The van der Waals surface area contributed by atoms with Gasteiger partial charge < -0.3 is 33.7 Å². The molecule has 0 unspecified atom stereocenters. The van der Waals surface area contributed by atoms with Gasteiger partial charge in [0.25, 0.3) is 16.6 Å². The van der Waals surface area contributed by atoms with Gasteiger partial charge in [-0.25, -0.2) is 0 Å². The fourth-order valence-corrected chi connectivity index (χ4v) is 15.1. The third-order valence-electron chi connectivity index (χ3n) is 9.19. The molecule has 0 heterocycles. The van der Waals surface area contributed by atoms with Gasteiger partial charge in [-0.15, -0.1) is 95.4 Å². The van der Waals surface area contributed by atoms with Crippen LogP contribution in [-0.2, 0) is 26.2 Å². The van der Waals surface area contributed by atoms with Crippen molar-refractivity contribution in [2.75, 3.05) is 0 Å². The van der Waals surface area contributed by atoms with E-state index in [0.29, 0.717) is 22.2 Å². The van der Waals surface area contributed by atoms with E-state index in [1.54, 1.807) is 0 Å². The Kier molecular flexibility index (Phi) is 19.5. The van der Waals surface area contributed by atoms with E-state index in [-0.39, 0.29) is 51.0 Å². The normalized spacial score (nSPS) is 11.5. The molecule has 0 aromatic heterocycles. The third-order valence-corrected chi connectivity index (χ3v) is 20.4. The second-order valence-electron chi connectivity index (χ2n) is 13.0. The van der Waals surface area contributed by atoms with Crippen LogP contribution in [0, 0.1) is 0 Å². The van der Waals surface area contributed by atoms with Crippen molar-refractivity contribution in [3.8, 4) is 11.5 Å². The summed E-state index contributed by atoms with van der Waals surface area (Å²) in [5, 5.41) is 5.08. The molecule has 0 aliphatic heterocycles. The van der Waals surface area contributed by atoms with Crippen LogP contribution in [0.4, 0.5) is 0 Å². The smallest absolute Gasteiger partial charge is 1.00 e. The molecule has 7 heteroatoms. The van der Waals surface area contributed by atoms with Crippen molar-refractivity contribution in [3.05, 3.63) is 98.1 Å². The largest absolute Gasteiger partial charge is 4.00 e. The number of fused-ring (bicyclic) bond motifs is 2. The van der Waals surface area contributed by atoms with Crippen molar-refractivity contribution in [2.24, 2.45) is 0 Å². The molecule has 0 fully saturated rings. The van der Waals surface area contributed by atoms with Crippen LogP contribution in [0.3, 0.4) is 0 Å². The molecule has 0 aliphatic rings. The molecule has 0 aliphatic carbocycles. The number of allylic oxidation sites excluding steroid dienone is 2. The number of hydrogen-bond acceptors (Lipinski definition) is 2. The summed E-state index contributed by atoms with van der Waals surface area (Å²) in [7, 11) is -3.69. The second kappa shape index (κ2) is 20.1. The summed E-state index contributed by atoms with van der Waals surface area (Å²) in [6.07, 6.45) is 6.14. The van der Waals surface area contributed by atoms with E-state index in [0.717, 1.165) is 36.4 Å². The van der Waals surface area contributed by atoms with Gasteiger partial charge in [-0.2, -0.15) is 0 Å². The minimum atomic E-state index is -1.85. The van der Waals surface area contributed by atoms with E-state index in [1.165, 1.54) is 21.5 Å². The Morgan fingerprint density at radius 3 is 1.18 bits per heavy atom. The van der Waals surface area contributed by atoms with Crippen LogP contribution in [0.5, 0.6) is 11.5 Å². The van der Waals surface area contributed by atoms with Gasteiger partial charge in [-0.1, -0.05) is 79.7 Å². The summed E-state index contributed by atoms with van der Waals surface area (Å²) in [6, 6.07) is 28.0. The van der Waals surface area contributed by atoms with Gasteiger partial charge in [0.15, 0.2) is 0 Å². The SMILES string of the molecule is C=CCC[Si](Oc1cc2ccccc2[cH-]1)(C(C)C)C(C)C.C=CCC[Si](Oc1cc2ccccc2[cH-]1)(C(C)C)C(C)C.[Cl-].[Cl-].[Zr+4]. The van der Waals surface area contributed by atoms with E-state index in [2.05, 4.69) is 141 Å². The maximum Gasteiger partial charge on any atom is 4.00 e. The van der Waals surface area contributed by atoms with Gasteiger partial charge >= 0.3 is 26.2 Å². The van der Waals surface area contributed by atoms with Crippen molar-refractivity contribution in [3.63, 3.8) is 0 Å². The molecule has 0 bridgehead atoms. The Labute approximate surface area is 308 Å². The molecular weight excluding hydrogens is 707 g/mol. The second-order valence-corrected chi connectivity index (χ2v) is 22.9. The molecule has 0 atom stereocenters. The summed E-state index contributed by atoms with van der Waals surface area (Å²) in [4.78, 5) is 0. The summed E-state index contributed by atoms with van der Waals surface area (Å²) >= 11 is 0. The van der Waals surface area contributed by atoms with Gasteiger partial charge in [0, 0.05) is 11.5 Å². The van der Waals surface area contributed by atoms with E-state index < -0.39 is 16.6 Å². The van der Waals surface area contributed by atoms with Crippen molar-refractivity contribution < 1.29 is 59.9 Å². The average Bonchev–Trinajstić information content (AvgIpc) is 3.55. The Morgan fingerprint density at radius 2 is 0.911 bits per heavy atom. The van der Waals surface area contributed by atoms with E-state index in [4.69, 9.17) is 8.85 Å². The van der Waals surface area contributed by atoms with E-state index in [9.17, 15) is 0 Å². The molecule has 2 nitrogen and oxygen atoms in total. The number of hydrogen-bond donors (Lipinski definition) is 0. The van der Waals surface area contributed by atoms with Crippen LogP contribution in [-0.4, -0.2) is 16.6 Å². The summed E-state index contributed by atoms with van der Waals surface area (Å²) < 4.78 is 13.4. The van der Waals surface area contributed by atoms with Gasteiger partial charge in [-0.3, -0.25) is 0 Å². The van der Waals surface area contributed by atoms with Gasteiger partial charge in [0.2, 0.25) is 0 Å². The number of benzene rings is 2. The van der Waals surface area contributed by atoms with Crippen LogP contribution < -0.4 is 33.7 Å². The Morgan fingerprint density at radius 1 is 0.600 bits per heavy atom. The van der Waals surface area contributed by atoms with Gasteiger partial charge in [0.1, 0.15) is 0 Å². The fourth-order valence-electron chi connectivity index (χ4n) is 6.52. The molecule has 4 aromatic carbocycles. The van der Waals surface area contributed by atoms with Crippen LogP contribution in [0.1, 0.15) is 68.2 Å². The quantitative estimate of drug-likeness (QED) is 0.0824. The van der Waals surface area contributed by atoms with Gasteiger partial charge in [-0.05, 0) is 47.1 Å². The summed E-state index contributed by atoms with van der Waals surface area (Å²) in [5.74, 6) is 2.10. The molecule has 0 saturated heterocycles. The van der Waals surface area contributed by atoms with Crippen LogP contribution >= 0.6 is 0 Å². The predicted molar refractivity (Wildman–Crippen MR) is 191 cm³/mol. The standard InChI is InChI=1S/2C19H27OSi.2ClH.Zr/c2*1-6-7-12-21(15(2)3,16(4)5)20-19-13-17-10-8-9-11-18(17)14-19;;;/h2*6,8-11,13-16H,1,7,12H2,2-5H3;2*1H;/q2*-1;;;+4/p-2. The van der Waals surface area contributed by atoms with E-state index >= 15 is 0 Å². The van der Waals surface area contributed by atoms with Crippen LogP contribution in [0.2, 0.25) is 34.3 Å². The summed E-state index contributed by atoms with van der Waals surface area (Å²) in [6.45, 7) is 26.3. The number of rotatable bonds is 14. The maximum absolute atomic E-state index is 6.70. The first-order valence-electron chi connectivity index (χ1n) is 15.9. The van der Waals surface area contributed by atoms with Crippen molar-refractivity contribution >= 4 is 38.2 Å². The molecule has 45 heavy (non-hydrogen) atoms. The molecule has 0 radical (unpaired) electrons. The minimum Gasteiger partial charge on any atom is -1.00 e. The third kappa shape index (κ3) is 10.8. The minimum absolute atomic E-state index is 0.